The normalized spacial score (nSPS) is 11.3. The Morgan fingerprint density at radius 2 is 1.79 bits per heavy atom. The number of thiophene rings is 1. The maximum absolute atomic E-state index is 13.2. The quantitative estimate of drug-likeness (QED) is 0.208. The number of carbonyl (C=O) groups excluding carboxylic acids is 2. The van der Waals surface area contributed by atoms with Gasteiger partial charge in [0.25, 0.3) is 5.91 Å². The Hall–Kier alpha value is -3.60. The van der Waals surface area contributed by atoms with Gasteiger partial charge < -0.3 is 10.1 Å². The number of hydrogen-bond donors (Lipinski definition) is 1. The first-order valence-corrected chi connectivity index (χ1v) is 14.5. The highest BCUT2D eigenvalue weighted by atomic mass is 35.5. The van der Waals surface area contributed by atoms with Crippen molar-refractivity contribution >= 4 is 49.7 Å². The third-order valence-electron chi connectivity index (χ3n) is 5.68. The van der Waals surface area contributed by atoms with Crippen LogP contribution in [0.1, 0.15) is 44.5 Å². The van der Waals surface area contributed by atoms with Gasteiger partial charge in [-0.15, -0.1) is 11.3 Å². The summed E-state index contributed by atoms with van der Waals surface area (Å²) in [6.07, 6.45) is 1.08. The third kappa shape index (κ3) is 5.93. The minimum Gasteiger partial charge on any atom is -0.462 e. The molecule has 2 aromatic heterocycles. The number of ether oxygens (including phenoxy) is 1. The molecule has 2 aromatic carbocycles. The fourth-order valence-corrected chi connectivity index (χ4v) is 6.10. The minimum atomic E-state index is -3.98. The number of rotatable bonds is 8. The molecule has 0 aliphatic rings. The average molecular weight is 570 g/mol. The number of esters is 1. The number of hydrogen-bond acceptors (Lipinski definition) is 8. The number of carbonyl (C=O) groups is 2. The van der Waals surface area contributed by atoms with E-state index >= 15 is 0 Å². The van der Waals surface area contributed by atoms with E-state index in [4.69, 9.17) is 16.3 Å². The SMILES string of the molecule is CCOC(=O)c1c(-c2ccc(C)cc2)csc1NC(=O)c1nc(S(=O)(=O)Cc2ccccc2C)ncc1Cl. The van der Waals surface area contributed by atoms with Crippen LogP contribution in [0.15, 0.2) is 65.3 Å². The molecule has 0 saturated carbocycles. The first-order valence-electron chi connectivity index (χ1n) is 11.6. The van der Waals surface area contributed by atoms with Crippen LogP contribution in [0.5, 0.6) is 0 Å². The van der Waals surface area contributed by atoms with Gasteiger partial charge in [0, 0.05) is 10.9 Å². The van der Waals surface area contributed by atoms with E-state index in [1.54, 1.807) is 37.4 Å². The standard InChI is InChI=1S/C27H24ClN3O5S2/c1-4-36-26(33)22-20(18-11-9-16(2)10-12-18)14-37-25(22)31-24(32)23-21(28)13-29-27(30-23)38(34,35)15-19-8-6-5-7-17(19)3/h5-14H,4,15H2,1-3H3,(H,31,32). The second kappa shape index (κ2) is 11.4. The van der Waals surface area contributed by atoms with E-state index in [0.29, 0.717) is 11.1 Å². The number of benzene rings is 2. The zero-order valence-electron chi connectivity index (χ0n) is 20.8. The zero-order valence-corrected chi connectivity index (χ0v) is 23.2. The molecular weight excluding hydrogens is 546 g/mol. The molecule has 0 aliphatic heterocycles. The third-order valence-corrected chi connectivity index (χ3v) is 8.30. The van der Waals surface area contributed by atoms with Crippen LogP contribution in [0.3, 0.4) is 0 Å². The fourth-order valence-electron chi connectivity index (χ4n) is 3.67. The first kappa shape index (κ1) is 27.4. The molecule has 8 nitrogen and oxygen atoms in total. The van der Waals surface area contributed by atoms with Crippen molar-refractivity contribution < 1.29 is 22.7 Å². The summed E-state index contributed by atoms with van der Waals surface area (Å²) in [6, 6.07) is 14.6. The number of amides is 1. The molecule has 38 heavy (non-hydrogen) atoms. The number of halogens is 1. The van der Waals surface area contributed by atoms with Crippen molar-refractivity contribution in [2.45, 2.75) is 31.7 Å². The van der Waals surface area contributed by atoms with Crippen LogP contribution < -0.4 is 5.32 Å². The Morgan fingerprint density at radius 3 is 2.47 bits per heavy atom. The monoisotopic (exact) mass is 569 g/mol. The van der Waals surface area contributed by atoms with Crippen LogP contribution in [0.25, 0.3) is 11.1 Å². The van der Waals surface area contributed by atoms with E-state index < -0.39 is 26.9 Å². The Labute approximate surface area is 229 Å². The highest BCUT2D eigenvalue weighted by Crippen LogP contribution is 2.37. The molecule has 0 unspecified atom stereocenters. The van der Waals surface area contributed by atoms with Crippen molar-refractivity contribution in [3.8, 4) is 11.1 Å². The first-order chi connectivity index (χ1) is 18.1. The summed E-state index contributed by atoms with van der Waals surface area (Å²) >= 11 is 7.33. The van der Waals surface area contributed by atoms with Gasteiger partial charge in [0.1, 0.15) is 10.6 Å². The average Bonchev–Trinajstić information content (AvgIpc) is 3.29. The molecule has 0 radical (unpaired) electrons. The predicted octanol–water partition coefficient (Wildman–Crippen LogP) is 5.88. The van der Waals surface area contributed by atoms with E-state index in [-0.39, 0.29) is 33.6 Å². The second-order valence-electron chi connectivity index (χ2n) is 8.43. The molecule has 0 fully saturated rings. The summed E-state index contributed by atoms with van der Waals surface area (Å²) in [5.41, 5.74) is 3.69. The molecule has 4 aromatic rings. The van der Waals surface area contributed by atoms with Crippen molar-refractivity contribution in [1.29, 1.82) is 0 Å². The van der Waals surface area contributed by atoms with E-state index in [1.165, 1.54) is 0 Å². The molecule has 0 saturated heterocycles. The van der Waals surface area contributed by atoms with Gasteiger partial charge >= 0.3 is 5.97 Å². The molecule has 0 atom stereocenters. The molecule has 0 bridgehead atoms. The Morgan fingerprint density at radius 1 is 1.08 bits per heavy atom. The van der Waals surface area contributed by atoms with Crippen LogP contribution in [0, 0.1) is 13.8 Å². The van der Waals surface area contributed by atoms with Crippen molar-refractivity contribution in [2.75, 3.05) is 11.9 Å². The van der Waals surface area contributed by atoms with Gasteiger partial charge in [-0.1, -0.05) is 65.7 Å². The van der Waals surface area contributed by atoms with Crippen LogP contribution in [-0.4, -0.2) is 36.9 Å². The maximum atomic E-state index is 13.2. The van der Waals surface area contributed by atoms with Gasteiger partial charge in [0.05, 0.1) is 23.6 Å². The van der Waals surface area contributed by atoms with E-state index in [0.717, 1.165) is 34.2 Å². The van der Waals surface area contributed by atoms with Crippen molar-refractivity contribution in [2.24, 2.45) is 0 Å². The fraction of sp³-hybridized carbons (Fsp3) is 0.185. The van der Waals surface area contributed by atoms with Gasteiger partial charge in [0.15, 0.2) is 5.69 Å². The number of sulfone groups is 1. The molecule has 0 aliphatic carbocycles. The number of aryl methyl sites for hydroxylation is 2. The van der Waals surface area contributed by atoms with Crippen LogP contribution in [-0.2, 0) is 20.3 Å². The van der Waals surface area contributed by atoms with Crippen molar-refractivity contribution in [3.63, 3.8) is 0 Å². The van der Waals surface area contributed by atoms with Crippen LogP contribution in [0.2, 0.25) is 5.02 Å². The molecular formula is C27H24ClN3O5S2. The van der Waals surface area contributed by atoms with Gasteiger partial charge in [-0.25, -0.2) is 23.2 Å². The van der Waals surface area contributed by atoms with E-state index in [9.17, 15) is 18.0 Å². The topological polar surface area (TPSA) is 115 Å². The molecule has 1 amide bonds. The summed E-state index contributed by atoms with van der Waals surface area (Å²) in [6.45, 7) is 5.60. The lowest BCUT2D eigenvalue weighted by Crippen LogP contribution is -2.19. The highest BCUT2D eigenvalue weighted by Gasteiger charge is 2.27. The largest absolute Gasteiger partial charge is 0.462 e. The van der Waals surface area contributed by atoms with Gasteiger partial charge in [-0.05, 0) is 37.5 Å². The van der Waals surface area contributed by atoms with Crippen LogP contribution >= 0.6 is 22.9 Å². The molecule has 2 heterocycles. The predicted molar refractivity (Wildman–Crippen MR) is 148 cm³/mol. The number of aromatic nitrogens is 2. The van der Waals surface area contributed by atoms with Crippen molar-refractivity contribution in [3.05, 3.63) is 93.1 Å². The Kier molecular flexibility index (Phi) is 8.25. The Balaban J connectivity index is 1.67. The van der Waals surface area contributed by atoms with E-state index in [2.05, 4.69) is 15.3 Å². The summed E-state index contributed by atoms with van der Waals surface area (Å²) in [7, 11) is -3.98. The van der Waals surface area contributed by atoms with Crippen molar-refractivity contribution in [1.82, 2.24) is 9.97 Å². The Bertz CT molecular complexity index is 1620. The summed E-state index contributed by atoms with van der Waals surface area (Å²) in [5, 5.41) is 3.97. The lowest BCUT2D eigenvalue weighted by Gasteiger charge is -2.10. The minimum absolute atomic E-state index is 0.134. The summed E-state index contributed by atoms with van der Waals surface area (Å²) in [5.74, 6) is -1.72. The lowest BCUT2D eigenvalue weighted by atomic mass is 10.0. The molecule has 0 spiro atoms. The number of anilines is 1. The second-order valence-corrected chi connectivity index (χ2v) is 11.6. The lowest BCUT2D eigenvalue weighted by molar-refractivity contribution is 0.0529. The smallest absolute Gasteiger partial charge is 0.341 e. The van der Waals surface area contributed by atoms with E-state index in [1.807, 2.05) is 37.3 Å². The van der Waals surface area contributed by atoms with Gasteiger partial charge in [-0.3, -0.25) is 4.79 Å². The number of nitrogens with zero attached hydrogens (tertiary/aromatic N) is 2. The molecule has 11 heteroatoms. The van der Waals surface area contributed by atoms with Gasteiger partial charge in [0.2, 0.25) is 15.0 Å². The summed E-state index contributed by atoms with van der Waals surface area (Å²) < 4.78 is 31.3. The highest BCUT2D eigenvalue weighted by molar-refractivity contribution is 7.90. The zero-order chi connectivity index (χ0) is 27.4. The molecule has 196 valence electrons. The molecule has 1 N–H and O–H groups in total. The van der Waals surface area contributed by atoms with Crippen LogP contribution in [0.4, 0.5) is 5.00 Å². The molecule has 4 rings (SSSR count). The van der Waals surface area contributed by atoms with Gasteiger partial charge in [-0.2, -0.15) is 0 Å². The maximum Gasteiger partial charge on any atom is 0.341 e. The number of nitrogens with one attached hydrogen (secondary N) is 1. The summed E-state index contributed by atoms with van der Waals surface area (Å²) in [4.78, 5) is 33.9.